The minimum atomic E-state index is -0.0276. The molecule has 0 spiro atoms. The Morgan fingerprint density at radius 1 is 1.07 bits per heavy atom. The van der Waals surface area contributed by atoms with Crippen molar-refractivity contribution < 1.29 is 9.28 Å². The lowest BCUT2D eigenvalue weighted by atomic mass is 9.88. The lowest BCUT2D eigenvalue weighted by Gasteiger charge is -2.33. The Balaban J connectivity index is 5.00. The van der Waals surface area contributed by atoms with Crippen LogP contribution in [0.15, 0.2) is 24.0 Å². The maximum atomic E-state index is 12.4. The molecule has 5 heteroatoms. The van der Waals surface area contributed by atoms with E-state index in [1.807, 2.05) is 6.08 Å². The number of allylic oxidation sites excluding steroid dienone is 1. The van der Waals surface area contributed by atoms with E-state index >= 15 is 0 Å². The second-order valence-electron chi connectivity index (χ2n) is 9.52. The van der Waals surface area contributed by atoms with E-state index in [-0.39, 0.29) is 11.3 Å². The topological polar surface area (TPSA) is 35.6 Å². The summed E-state index contributed by atoms with van der Waals surface area (Å²) in [4.78, 5) is 17.0. The molecular formula is C24H49N4O+. The molecule has 0 aromatic heterocycles. The second-order valence-corrected chi connectivity index (χ2v) is 9.52. The van der Waals surface area contributed by atoms with E-state index in [9.17, 15) is 4.79 Å². The highest BCUT2D eigenvalue weighted by Gasteiger charge is 2.21. The summed E-state index contributed by atoms with van der Waals surface area (Å²) in [5.74, 6) is -0.0276. The number of likely N-dealkylation sites (N-methyl/N-ethyl adjacent to an activating group) is 1. The fourth-order valence-corrected chi connectivity index (χ4v) is 3.16. The number of amides is 1. The molecule has 0 unspecified atom stereocenters. The molecule has 0 aliphatic heterocycles. The summed E-state index contributed by atoms with van der Waals surface area (Å²) >= 11 is 0. The minimum absolute atomic E-state index is 0.0276. The van der Waals surface area contributed by atoms with Crippen molar-refractivity contribution in [3.63, 3.8) is 0 Å². The molecule has 0 aromatic carbocycles. The highest BCUT2D eigenvalue weighted by Crippen LogP contribution is 2.23. The number of carbonyl (C=O) groups excluding carboxylic acids is 1. The molecule has 170 valence electrons. The Hall–Kier alpha value is -1.33. The van der Waals surface area contributed by atoms with Gasteiger partial charge in [0, 0.05) is 31.1 Å². The van der Waals surface area contributed by atoms with Crippen LogP contribution in [0.3, 0.4) is 0 Å². The van der Waals surface area contributed by atoms with Crippen LogP contribution in [0.4, 0.5) is 0 Å². The molecule has 1 amide bonds. The van der Waals surface area contributed by atoms with Gasteiger partial charge in [0.05, 0.1) is 26.7 Å². The third-order valence-corrected chi connectivity index (χ3v) is 5.72. The number of rotatable bonds is 15. The number of nitrogens with zero attached hydrogens (tertiary/aromatic N) is 3. The molecule has 0 radical (unpaired) electrons. The molecule has 0 aliphatic rings. The van der Waals surface area contributed by atoms with E-state index in [4.69, 9.17) is 0 Å². The zero-order valence-corrected chi connectivity index (χ0v) is 20.8. The van der Waals surface area contributed by atoms with E-state index in [2.05, 4.69) is 84.0 Å². The molecule has 0 aromatic rings. The van der Waals surface area contributed by atoms with Crippen LogP contribution < -0.4 is 5.32 Å². The van der Waals surface area contributed by atoms with Gasteiger partial charge in [-0.05, 0) is 65.2 Å². The Labute approximate surface area is 181 Å². The van der Waals surface area contributed by atoms with E-state index < -0.39 is 0 Å². The normalized spacial score (nSPS) is 13.4. The SMILES string of the molecule is CCCN(C=C(CC)NC(=O)C=CC[N+](C)(CC)CC)CC(C)(C)CCN(C)C. The summed E-state index contributed by atoms with van der Waals surface area (Å²) < 4.78 is 0.951. The van der Waals surface area contributed by atoms with Gasteiger partial charge in [0.1, 0.15) is 0 Å². The number of hydrogen-bond acceptors (Lipinski definition) is 3. The Morgan fingerprint density at radius 3 is 2.17 bits per heavy atom. The summed E-state index contributed by atoms with van der Waals surface area (Å²) in [7, 11) is 6.47. The van der Waals surface area contributed by atoms with Crippen LogP contribution >= 0.6 is 0 Å². The van der Waals surface area contributed by atoms with Crippen molar-refractivity contribution in [1.82, 2.24) is 15.1 Å². The lowest BCUT2D eigenvalue weighted by molar-refractivity contribution is -0.900. The Morgan fingerprint density at radius 2 is 1.69 bits per heavy atom. The van der Waals surface area contributed by atoms with Crippen LogP contribution in [0, 0.1) is 5.41 Å². The predicted molar refractivity (Wildman–Crippen MR) is 127 cm³/mol. The smallest absolute Gasteiger partial charge is 0.248 e. The van der Waals surface area contributed by atoms with Crippen molar-refractivity contribution in [2.24, 2.45) is 5.41 Å². The molecule has 0 aliphatic carbocycles. The van der Waals surface area contributed by atoms with Crippen LogP contribution in [-0.2, 0) is 4.79 Å². The average molecular weight is 410 g/mol. The molecule has 0 rings (SSSR count). The molecule has 0 saturated heterocycles. The number of quaternary nitrogens is 1. The molecule has 0 fully saturated rings. The first kappa shape index (κ1) is 27.7. The highest BCUT2D eigenvalue weighted by atomic mass is 16.1. The quantitative estimate of drug-likeness (QED) is 0.327. The van der Waals surface area contributed by atoms with Crippen molar-refractivity contribution in [3.05, 3.63) is 24.0 Å². The molecule has 0 saturated carbocycles. The van der Waals surface area contributed by atoms with E-state index in [1.165, 1.54) is 0 Å². The molecule has 1 N–H and O–H groups in total. The maximum Gasteiger partial charge on any atom is 0.248 e. The summed E-state index contributed by atoms with van der Waals surface area (Å²) in [6.45, 7) is 19.4. The predicted octanol–water partition coefficient (Wildman–Crippen LogP) is 4.09. The van der Waals surface area contributed by atoms with Crippen molar-refractivity contribution >= 4 is 5.91 Å². The van der Waals surface area contributed by atoms with E-state index in [0.29, 0.717) is 0 Å². The average Bonchev–Trinajstić information content (AvgIpc) is 2.65. The summed E-state index contributed by atoms with van der Waals surface area (Å²) in [6.07, 6.45) is 8.91. The summed E-state index contributed by atoms with van der Waals surface area (Å²) in [5.41, 5.74) is 1.21. The fraction of sp³-hybridized carbons (Fsp3) is 0.792. The van der Waals surface area contributed by atoms with Crippen molar-refractivity contribution in [2.75, 3.05) is 60.4 Å². The third kappa shape index (κ3) is 12.8. The minimum Gasteiger partial charge on any atom is -0.375 e. The van der Waals surface area contributed by atoms with Crippen molar-refractivity contribution in [2.45, 2.75) is 60.8 Å². The van der Waals surface area contributed by atoms with Gasteiger partial charge in [-0.15, -0.1) is 0 Å². The zero-order valence-electron chi connectivity index (χ0n) is 20.8. The van der Waals surface area contributed by atoms with Gasteiger partial charge in [0.25, 0.3) is 0 Å². The largest absolute Gasteiger partial charge is 0.375 e. The van der Waals surface area contributed by atoms with Gasteiger partial charge in [0.15, 0.2) is 0 Å². The van der Waals surface area contributed by atoms with Gasteiger partial charge < -0.3 is 19.6 Å². The van der Waals surface area contributed by atoms with Crippen molar-refractivity contribution in [1.29, 1.82) is 0 Å². The van der Waals surface area contributed by atoms with Crippen LogP contribution in [0.5, 0.6) is 0 Å². The van der Waals surface area contributed by atoms with Gasteiger partial charge in [-0.3, -0.25) is 4.79 Å². The van der Waals surface area contributed by atoms with Crippen LogP contribution in [0.25, 0.3) is 0 Å². The number of hydrogen-bond donors (Lipinski definition) is 1. The van der Waals surface area contributed by atoms with Gasteiger partial charge in [-0.2, -0.15) is 0 Å². The fourth-order valence-electron chi connectivity index (χ4n) is 3.16. The van der Waals surface area contributed by atoms with Crippen LogP contribution in [0.1, 0.15) is 60.8 Å². The van der Waals surface area contributed by atoms with E-state index in [0.717, 1.165) is 68.7 Å². The van der Waals surface area contributed by atoms with Crippen molar-refractivity contribution in [3.8, 4) is 0 Å². The first-order valence-electron chi connectivity index (χ1n) is 11.4. The second kappa shape index (κ2) is 13.8. The molecule has 0 heterocycles. The zero-order chi connectivity index (χ0) is 22.5. The molecule has 0 bridgehead atoms. The summed E-state index contributed by atoms with van der Waals surface area (Å²) in [6, 6.07) is 0. The first-order chi connectivity index (χ1) is 13.5. The van der Waals surface area contributed by atoms with Crippen LogP contribution in [0.2, 0.25) is 0 Å². The van der Waals surface area contributed by atoms with E-state index in [1.54, 1.807) is 6.08 Å². The Kier molecular flexibility index (Phi) is 13.2. The monoisotopic (exact) mass is 409 g/mol. The first-order valence-corrected chi connectivity index (χ1v) is 11.4. The highest BCUT2D eigenvalue weighted by molar-refractivity contribution is 5.88. The Bertz CT molecular complexity index is 519. The van der Waals surface area contributed by atoms with Gasteiger partial charge in [0.2, 0.25) is 5.91 Å². The van der Waals surface area contributed by atoms with Gasteiger partial charge in [-0.25, -0.2) is 0 Å². The molecule has 29 heavy (non-hydrogen) atoms. The van der Waals surface area contributed by atoms with Crippen LogP contribution in [-0.4, -0.2) is 80.6 Å². The molecular weight excluding hydrogens is 360 g/mol. The summed E-state index contributed by atoms with van der Waals surface area (Å²) in [5, 5.41) is 3.09. The number of carbonyl (C=O) groups is 1. The third-order valence-electron chi connectivity index (χ3n) is 5.72. The maximum absolute atomic E-state index is 12.4. The lowest BCUT2D eigenvalue weighted by Crippen LogP contribution is -2.43. The molecule has 5 nitrogen and oxygen atoms in total. The van der Waals surface area contributed by atoms with Gasteiger partial charge >= 0.3 is 0 Å². The molecule has 0 atom stereocenters. The number of nitrogens with one attached hydrogen (secondary N) is 1. The standard InChI is InChI=1S/C24H48N4O/c1-10-17-27(21-24(5,6)16-18-26(7)8)20-22(11-2)25-23(29)15-14-19-28(9,12-3)13-4/h14-15,20H,10-13,16-19,21H2,1-9H3/p+1. The van der Waals surface area contributed by atoms with Gasteiger partial charge in [-0.1, -0.05) is 27.7 Å².